The van der Waals surface area contributed by atoms with Gasteiger partial charge in [0, 0.05) is 28.6 Å². The van der Waals surface area contributed by atoms with Crippen molar-refractivity contribution in [3.63, 3.8) is 0 Å². The number of carbonyl (C=O) groups is 1. The van der Waals surface area contributed by atoms with Crippen molar-refractivity contribution in [1.29, 1.82) is 0 Å². The van der Waals surface area contributed by atoms with Crippen molar-refractivity contribution in [2.45, 2.75) is 27.2 Å². The van der Waals surface area contributed by atoms with Crippen molar-refractivity contribution >= 4 is 38.8 Å². The number of rotatable bonds is 6. The summed E-state index contributed by atoms with van der Waals surface area (Å²) in [5, 5.41) is 7.53. The molecule has 0 spiro atoms. The molecule has 0 radical (unpaired) electrons. The summed E-state index contributed by atoms with van der Waals surface area (Å²) in [6.07, 6.45) is 0.673. The third kappa shape index (κ3) is 3.94. The molecule has 0 saturated heterocycles. The van der Waals surface area contributed by atoms with Crippen LogP contribution in [0, 0.1) is 6.92 Å². The van der Waals surface area contributed by atoms with Gasteiger partial charge in [0.1, 0.15) is 12.3 Å². The highest BCUT2D eigenvalue weighted by molar-refractivity contribution is 9.10. The number of nitrogens with one attached hydrogen (secondary N) is 1. The molecule has 0 unspecified atom stereocenters. The van der Waals surface area contributed by atoms with Gasteiger partial charge in [-0.2, -0.15) is 0 Å². The average Bonchev–Trinajstić information content (AvgIpc) is 3.23. The second-order valence-corrected chi connectivity index (χ2v) is 8.55. The van der Waals surface area contributed by atoms with Crippen molar-refractivity contribution in [1.82, 2.24) is 4.90 Å². The number of benzene rings is 2. The average molecular weight is 468 g/mol. The van der Waals surface area contributed by atoms with E-state index in [4.69, 9.17) is 4.84 Å². The van der Waals surface area contributed by atoms with Gasteiger partial charge in [0.15, 0.2) is 0 Å². The first-order valence-electron chi connectivity index (χ1n) is 10.4. The van der Waals surface area contributed by atoms with Crippen LogP contribution in [0.3, 0.4) is 0 Å². The lowest BCUT2D eigenvalue weighted by atomic mass is 9.98. The summed E-state index contributed by atoms with van der Waals surface area (Å²) in [4.78, 5) is 21.0. The van der Waals surface area contributed by atoms with Crippen LogP contribution in [-0.2, 0) is 16.1 Å². The lowest BCUT2D eigenvalue weighted by Crippen LogP contribution is -2.26. The van der Waals surface area contributed by atoms with Crippen molar-refractivity contribution in [2.24, 2.45) is 5.16 Å². The number of halogens is 1. The van der Waals surface area contributed by atoms with Crippen molar-refractivity contribution in [2.75, 3.05) is 31.6 Å². The van der Waals surface area contributed by atoms with Crippen LogP contribution < -0.4 is 5.32 Å². The van der Waals surface area contributed by atoms with Crippen molar-refractivity contribution in [3.8, 4) is 0 Å². The Morgan fingerprint density at radius 3 is 2.70 bits per heavy atom. The molecule has 1 heterocycles. The number of carbonyl (C=O) groups excluding carboxylic acids is 1. The Hall–Kier alpha value is -2.44. The predicted molar refractivity (Wildman–Crippen MR) is 125 cm³/mol. The number of allylic oxidation sites excluding steroid dienone is 1. The molecule has 1 N–H and O–H groups in total. The van der Waals surface area contributed by atoms with Gasteiger partial charge >= 0.3 is 0 Å². The number of likely N-dealkylation sites (N-methyl/N-ethyl adjacent to an activating group) is 1. The molecule has 2 aromatic rings. The number of hydrogen-bond acceptors (Lipinski definition) is 4. The summed E-state index contributed by atoms with van der Waals surface area (Å²) in [6.45, 7) is 9.67. The van der Waals surface area contributed by atoms with Gasteiger partial charge in [0.2, 0.25) is 0 Å². The lowest BCUT2D eigenvalue weighted by Gasteiger charge is -2.16. The molecule has 1 aliphatic heterocycles. The second-order valence-electron chi connectivity index (χ2n) is 7.63. The Kier molecular flexibility index (Phi) is 6.06. The molecule has 0 aromatic heterocycles. The van der Waals surface area contributed by atoms with Gasteiger partial charge in [-0.05, 0) is 49.3 Å². The van der Waals surface area contributed by atoms with E-state index >= 15 is 0 Å². The van der Waals surface area contributed by atoms with Crippen molar-refractivity contribution in [3.05, 3.63) is 68.7 Å². The van der Waals surface area contributed by atoms with E-state index in [9.17, 15) is 4.79 Å². The molecule has 5 nitrogen and oxygen atoms in total. The maximum Gasteiger partial charge on any atom is 0.256 e. The zero-order valence-electron chi connectivity index (χ0n) is 17.6. The molecule has 1 amide bonds. The number of fused-ring (bicyclic) bond motifs is 2. The molecule has 0 fully saturated rings. The molecule has 0 bridgehead atoms. The first-order valence-corrected chi connectivity index (χ1v) is 11.2. The zero-order valence-corrected chi connectivity index (χ0v) is 19.2. The second kappa shape index (κ2) is 8.74. The molecular weight excluding hydrogens is 442 g/mol. The Labute approximate surface area is 185 Å². The van der Waals surface area contributed by atoms with E-state index in [0.29, 0.717) is 18.6 Å². The SMILES string of the molecule is CCN(CC)CCON=C1C(=C2C(=O)Nc3cc(Br)ccc32)Cc2ccc(C)cc21. The quantitative estimate of drug-likeness (QED) is 0.377. The number of oxime groups is 1. The molecule has 0 saturated carbocycles. The normalized spacial score (nSPS) is 18.7. The Morgan fingerprint density at radius 2 is 1.93 bits per heavy atom. The van der Waals surface area contributed by atoms with Gasteiger partial charge in [0.05, 0.1) is 11.3 Å². The smallest absolute Gasteiger partial charge is 0.256 e. The van der Waals surface area contributed by atoms with E-state index in [-0.39, 0.29) is 5.91 Å². The minimum Gasteiger partial charge on any atom is -0.394 e. The van der Waals surface area contributed by atoms with Gasteiger partial charge in [-0.25, -0.2) is 0 Å². The molecule has 30 heavy (non-hydrogen) atoms. The summed E-state index contributed by atoms with van der Waals surface area (Å²) < 4.78 is 0.937. The summed E-state index contributed by atoms with van der Waals surface area (Å²) in [7, 11) is 0. The Balaban J connectivity index is 1.73. The minimum atomic E-state index is -0.0848. The topological polar surface area (TPSA) is 53.9 Å². The number of anilines is 1. The van der Waals surface area contributed by atoms with Crippen LogP contribution in [0.5, 0.6) is 0 Å². The molecule has 2 aliphatic rings. The molecule has 2 aromatic carbocycles. The summed E-state index contributed by atoms with van der Waals surface area (Å²) >= 11 is 3.48. The number of hydrogen-bond donors (Lipinski definition) is 1. The van der Waals surface area contributed by atoms with Gasteiger partial charge < -0.3 is 15.1 Å². The molecule has 4 rings (SSSR count). The highest BCUT2D eigenvalue weighted by Gasteiger charge is 2.34. The van der Waals surface area contributed by atoms with Gasteiger partial charge in [-0.1, -0.05) is 58.7 Å². The molecular formula is C24H26BrN3O2. The highest BCUT2D eigenvalue weighted by Crippen LogP contribution is 2.40. The van der Waals surface area contributed by atoms with Crippen molar-refractivity contribution < 1.29 is 9.63 Å². The number of aryl methyl sites for hydroxylation is 1. The summed E-state index contributed by atoms with van der Waals surface area (Å²) in [6, 6.07) is 12.2. The fraction of sp³-hybridized carbons (Fsp3) is 0.333. The molecule has 1 aliphatic carbocycles. The third-order valence-corrected chi connectivity index (χ3v) is 6.24. The van der Waals surface area contributed by atoms with E-state index in [1.54, 1.807) is 0 Å². The van der Waals surface area contributed by atoms with Gasteiger partial charge in [0.25, 0.3) is 5.91 Å². The Morgan fingerprint density at radius 1 is 1.13 bits per heavy atom. The van der Waals surface area contributed by atoms with Crippen LogP contribution in [0.1, 0.15) is 36.1 Å². The largest absolute Gasteiger partial charge is 0.394 e. The number of nitrogens with zero attached hydrogens (tertiary/aromatic N) is 2. The fourth-order valence-electron chi connectivity index (χ4n) is 4.08. The van der Waals surface area contributed by atoms with E-state index in [0.717, 1.165) is 57.8 Å². The predicted octanol–water partition coefficient (Wildman–Crippen LogP) is 4.78. The zero-order chi connectivity index (χ0) is 21.3. The highest BCUT2D eigenvalue weighted by atomic mass is 79.9. The van der Waals surface area contributed by atoms with Crippen LogP contribution in [0.2, 0.25) is 0 Å². The minimum absolute atomic E-state index is 0.0848. The van der Waals surface area contributed by atoms with Crippen LogP contribution in [0.4, 0.5) is 5.69 Å². The Bertz CT molecular complexity index is 1050. The van der Waals surface area contributed by atoms with E-state index in [1.807, 2.05) is 18.2 Å². The first kappa shape index (κ1) is 20.8. The molecule has 6 heteroatoms. The van der Waals surface area contributed by atoms with Crippen LogP contribution in [-0.4, -0.2) is 42.8 Å². The van der Waals surface area contributed by atoms with Gasteiger partial charge in [-0.3, -0.25) is 4.79 Å². The third-order valence-electron chi connectivity index (χ3n) is 5.75. The van der Waals surface area contributed by atoms with Crippen LogP contribution in [0.15, 0.2) is 51.6 Å². The van der Waals surface area contributed by atoms with E-state index in [1.165, 1.54) is 5.56 Å². The van der Waals surface area contributed by atoms with E-state index in [2.05, 4.69) is 70.3 Å². The number of amides is 1. The molecule has 156 valence electrons. The van der Waals surface area contributed by atoms with Gasteiger partial charge in [-0.15, -0.1) is 0 Å². The first-order chi connectivity index (χ1) is 14.5. The van der Waals surface area contributed by atoms with Crippen LogP contribution in [0.25, 0.3) is 5.57 Å². The maximum absolute atomic E-state index is 12.9. The lowest BCUT2D eigenvalue weighted by molar-refractivity contribution is -0.110. The van der Waals surface area contributed by atoms with E-state index < -0.39 is 0 Å². The summed E-state index contributed by atoms with van der Waals surface area (Å²) in [5.74, 6) is -0.0848. The maximum atomic E-state index is 12.9. The monoisotopic (exact) mass is 467 g/mol. The molecule has 0 atom stereocenters. The van der Waals surface area contributed by atoms with Crippen LogP contribution >= 0.6 is 15.9 Å². The summed E-state index contributed by atoms with van der Waals surface area (Å²) in [5.41, 5.74) is 7.52. The fourth-order valence-corrected chi connectivity index (χ4v) is 4.44. The standard InChI is InChI=1S/C24H26BrN3O2/c1-4-28(5-2)10-11-30-27-23-19-12-15(3)6-7-16(19)13-20(23)22-18-9-8-17(25)14-21(18)26-24(22)29/h6-9,12,14H,4-5,10-11,13H2,1-3H3,(H,26,29).